The van der Waals surface area contributed by atoms with E-state index in [2.05, 4.69) is 10.6 Å². The fourth-order valence-corrected chi connectivity index (χ4v) is 1.73. The van der Waals surface area contributed by atoms with Crippen molar-refractivity contribution in [2.75, 3.05) is 6.54 Å². The maximum absolute atomic E-state index is 10.9. The third-order valence-corrected chi connectivity index (χ3v) is 2.78. The van der Waals surface area contributed by atoms with E-state index >= 15 is 0 Å². The highest BCUT2D eigenvalue weighted by Crippen LogP contribution is 2.09. The van der Waals surface area contributed by atoms with Crippen molar-refractivity contribution in [1.82, 2.24) is 10.6 Å². The van der Waals surface area contributed by atoms with E-state index in [0.29, 0.717) is 12.5 Å². The molecule has 1 unspecified atom stereocenters. The highest BCUT2D eigenvalue weighted by molar-refractivity contribution is 5.76. The van der Waals surface area contributed by atoms with Crippen LogP contribution >= 0.6 is 0 Å². The highest BCUT2D eigenvalue weighted by atomic mass is 16.3. The second kappa shape index (κ2) is 4.49. The van der Waals surface area contributed by atoms with E-state index < -0.39 is 0 Å². The third kappa shape index (κ3) is 2.59. The lowest BCUT2D eigenvalue weighted by Crippen LogP contribution is -2.45. The second-order valence-electron chi connectivity index (χ2n) is 3.95. The summed E-state index contributed by atoms with van der Waals surface area (Å²) in [6.07, 6.45) is 3.23. The summed E-state index contributed by atoms with van der Waals surface area (Å²) in [6.45, 7) is 3.49. The number of rotatable bonds is 3. The SMILES string of the molecule is Cc1ccoc1CNC1CCC(=O)NC1. The van der Waals surface area contributed by atoms with Gasteiger partial charge in [0.05, 0.1) is 12.8 Å². The number of amides is 1. The van der Waals surface area contributed by atoms with Gasteiger partial charge in [-0.3, -0.25) is 4.79 Å². The molecule has 1 saturated heterocycles. The molecule has 1 aliphatic heterocycles. The van der Waals surface area contributed by atoms with E-state index in [9.17, 15) is 4.79 Å². The number of carbonyl (C=O) groups excluding carboxylic acids is 1. The molecule has 0 bridgehead atoms. The van der Waals surface area contributed by atoms with E-state index in [-0.39, 0.29) is 5.91 Å². The lowest BCUT2D eigenvalue weighted by Gasteiger charge is -2.23. The molecule has 0 spiro atoms. The van der Waals surface area contributed by atoms with Gasteiger partial charge in [-0.25, -0.2) is 0 Å². The number of nitrogens with one attached hydrogen (secondary N) is 2. The van der Waals surface area contributed by atoms with Crippen LogP contribution in [0.3, 0.4) is 0 Å². The Morgan fingerprint density at radius 1 is 1.67 bits per heavy atom. The second-order valence-corrected chi connectivity index (χ2v) is 3.95. The van der Waals surface area contributed by atoms with Gasteiger partial charge >= 0.3 is 0 Å². The molecule has 0 aromatic carbocycles. The fourth-order valence-electron chi connectivity index (χ4n) is 1.73. The van der Waals surface area contributed by atoms with Gasteiger partial charge in [-0.2, -0.15) is 0 Å². The fraction of sp³-hybridized carbons (Fsp3) is 0.545. The molecule has 4 nitrogen and oxygen atoms in total. The summed E-state index contributed by atoms with van der Waals surface area (Å²) in [5.41, 5.74) is 1.17. The maximum atomic E-state index is 10.9. The number of furan rings is 1. The van der Waals surface area contributed by atoms with Crippen LogP contribution < -0.4 is 10.6 Å². The predicted octanol–water partition coefficient (Wildman–Crippen LogP) is 0.956. The molecular weight excluding hydrogens is 192 g/mol. The normalized spacial score (nSPS) is 21.4. The minimum absolute atomic E-state index is 0.155. The molecule has 2 N–H and O–H groups in total. The van der Waals surface area contributed by atoms with Gasteiger partial charge in [0.1, 0.15) is 5.76 Å². The lowest BCUT2D eigenvalue weighted by molar-refractivity contribution is -0.122. The Hall–Kier alpha value is -1.29. The molecule has 1 fully saturated rings. The summed E-state index contributed by atoms with van der Waals surface area (Å²) < 4.78 is 5.33. The number of carbonyl (C=O) groups is 1. The van der Waals surface area contributed by atoms with E-state index in [1.54, 1.807) is 6.26 Å². The van der Waals surface area contributed by atoms with Gasteiger partial charge in [0, 0.05) is 19.0 Å². The van der Waals surface area contributed by atoms with E-state index in [1.165, 1.54) is 5.56 Å². The van der Waals surface area contributed by atoms with Crippen molar-refractivity contribution in [3.63, 3.8) is 0 Å². The summed E-state index contributed by atoms with van der Waals surface area (Å²) in [5, 5.41) is 6.22. The monoisotopic (exact) mass is 208 g/mol. The first-order valence-corrected chi connectivity index (χ1v) is 5.29. The first-order chi connectivity index (χ1) is 7.25. The molecule has 1 amide bonds. The Morgan fingerprint density at radius 3 is 3.13 bits per heavy atom. The van der Waals surface area contributed by atoms with Crippen molar-refractivity contribution < 1.29 is 9.21 Å². The highest BCUT2D eigenvalue weighted by Gasteiger charge is 2.17. The van der Waals surface area contributed by atoms with Crippen molar-refractivity contribution in [3.8, 4) is 0 Å². The van der Waals surface area contributed by atoms with Gasteiger partial charge < -0.3 is 15.1 Å². The molecule has 82 valence electrons. The average molecular weight is 208 g/mol. The first-order valence-electron chi connectivity index (χ1n) is 5.29. The van der Waals surface area contributed by atoms with Crippen LogP contribution in [0.1, 0.15) is 24.2 Å². The number of hydrogen-bond acceptors (Lipinski definition) is 3. The van der Waals surface area contributed by atoms with E-state index in [4.69, 9.17) is 4.42 Å². The van der Waals surface area contributed by atoms with E-state index in [0.717, 1.165) is 25.3 Å². The molecule has 2 heterocycles. The molecule has 1 aliphatic rings. The third-order valence-electron chi connectivity index (χ3n) is 2.78. The Bertz CT molecular complexity index is 336. The van der Waals surface area contributed by atoms with Gasteiger partial charge in [-0.15, -0.1) is 0 Å². The zero-order chi connectivity index (χ0) is 10.7. The van der Waals surface area contributed by atoms with Crippen LogP contribution in [0, 0.1) is 6.92 Å². The zero-order valence-electron chi connectivity index (χ0n) is 8.88. The summed E-state index contributed by atoms with van der Waals surface area (Å²) in [7, 11) is 0. The Morgan fingerprint density at radius 2 is 2.53 bits per heavy atom. The van der Waals surface area contributed by atoms with Crippen LogP contribution in [-0.2, 0) is 11.3 Å². The van der Waals surface area contributed by atoms with Crippen molar-refractivity contribution in [1.29, 1.82) is 0 Å². The quantitative estimate of drug-likeness (QED) is 0.777. The number of hydrogen-bond donors (Lipinski definition) is 2. The Labute approximate surface area is 89.0 Å². The van der Waals surface area contributed by atoms with Crippen LogP contribution in [-0.4, -0.2) is 18.5 Å². The first kappa shape index (κ1) is 10.2. The number of aryl methyl sites for hydroxylation is 1. The lowest BCUT2D eigenvalue weighted by atomic mass is 10.1. The van der Waals surface area contributed by atoms with Crippen molar-refractivity contribution >= 4 is 5.91 Å². The predicted molar refractivity (Wildman–Crippen MR) is 56.3 cm³/mol. The minimum Gasteiger partial charge on any atom is -0.468 e. The van der Waals surface area contributed by atoms with Crippen molar-refractivity contribution in [3.05, 3.63) is 23.7 Å². The maximum Gasteiger partial charge on any atom is 0.220 e. The smallest absolute Gasteiger partial charge is 0.220 e. The standard InChI is InChI=1S/C11H16N2O2/c1-8-4-5-15-10(8)7-12-9-2-3-11(14)13-6-9/h4-5,9,12H,2-3,6-7H2,1H3,(H,13,14). The summed E-state index contributed by atoms with van der Waals surface area (Å²) in [5.74, 6) is 1.13. The summed E-state index contributed by atoms with van der Waals surface area (Å²) >= 11 is 0. The zero-order valence-corrected chi connectivity index (χ0v) is 8.88. The molecule has 1 aromatic rings. The Balaban J connectivity index is 1.79. The van der Waals surface area contributed by atoms with Crippen LogP contribution in [0.25, 0.3) is 0 Å². The molecule has 4 heteroatoms. The van der Waals surface area contributed by atoms with Gasteiger partial charge in [-0.1, -0.05) is 0 Å². The van der Waals surface area contributed by atoms with Crippen LogP contribution in [0.5, 0.6) is 0 Å². The van der Waals surface area contributed by atoms with Gasteiger partial charge in [0.2, 0.25) is 5.91 Å². The molecular formula is C11H16N2O2. The molecule has 15 heavy (non-hydrogen) atoms. The molecule has 0 saturated carbocycles. The van der Waals surface area contributed by atoms with Crippen LogP contribution in [0.4, 0.5) is 0 Å². The molecule has 2 rings (SSSR count). The summed E-state index contributed by atoms with van der Waals surface area (Å²) in [6, 6.07) is 2.33. The Kier molecular flexibility index (Phi) is 3.06. The van der Waals surface area contributed by atoms with Crippen molar-refractivity contribution in [2.24, 2.45) is 0 Å². The topological polar surface area (TPSA) is 54.3 Å². The van der Waals surface area contributed by atoms with E-state index in [1.807, 2.05) is 13.0 Å². The molecule has 1 atom stereocenters. The largest absolute Gasteiger partial charge is 0.468 e. The van der Waals surface area contributed by atoms with Crippen LogP contribution in [0.15, 0.2) is 16.7 Å². The number of piperidine rings is 1. The van der Waals surface area contributed by atoms with Gasteiger partial charge in [0.25, 0.3) is 0 Å². The van der Waals surface area contributed by atoms with Crippen LogP contribution in [0.2, 0.25) is 0 Å². The van der Waals surface area contributed by atoms with Gasteiger partial charge in [-0.05, 0) is 25.0 Å². The summed E-state index contributed by atoms with van der Waals surface area (Å²) in [4.78, 5) is 10.9. The average Bonchev–Trinajstić information content (AvgIpc) is 2.63. The molecule has 1 aromatic heterocycles. The molecule has 0 radical (unpaired) electrons. The molecule has 0 aliphatic carbocycles. The van der Waals surface area contributed by atoms with Crippen molar-refractivity contribution in [2.45, 2.75) is 32.4 Å². The minimum atomic E-state index is 0.155. The van der Waals surface area contributed by atoms with Gasteiger partial charge in [0.15, 0.2) is 0 Å².